The maximum absolute atomic E-state index is 12.4. The molecule has 3 aromatic rings. The second-order valence-electron chi connectivity index (χ2n) is 4.06. The van der Waals surface area contributed by atoms with Crippen LogP contribution in [0, 0.1) is 0 Å². The fourth-order valence-electron chi connectivity index (χ4n) is 1.98. The average Bonchev–Trinajstić information content (AvgIpc) is 2.82. The van der Waals surface area contributed by atoms with Crippen LogP contribution in [0.25, 0.3) is 11.0 Å². The zero-order valence-corrected chi connectivity index (χ0v) is 9.55. The highest BCUT2D eigenvalue weighted by molar-refractivity contribution is 6.16. The van der Waals surface area contributed by atoms with Crippen molar-refractivity contribution in [3.8, 4) is 0 Å². The highest BCUT2D eigenvalue weighted by Crippen LogP contribution is 2.20. The van der Waals surface area contributed by atoms with Crippen LogP contribution >= 0.6 is 0 Å². The molecule has 0 radical (unpaired) electrons. The van der Waals surface area contributed by atoms with E-state index in [0.717, 1.165) is 5.39 Å². The summed E-state index contributed by atoms with van der Waals surface area (Å²) < 4.78 is 0. The third-order valence-corrected chi connectivity index (χ3v) is 2.84. The Bertz CT molecular complexity index is 730. The Labute approximate surface area is 103 Å². The van der Waals surface area contributed by atoms with Crippen molar-refractivity contribution in [3.63, 3.8) is 0 Å². The van der Waals surface area contributed by atoms with Gasteiger partial charge in [-0.2, -0.15) is 0 Å². The predicted molar refractivity (Wildman–Crippen MR) is 70.4 cm³/mol. The molecule has 0 spiro atoms. The Kier molecular flexibility index (Phi) is 2.34. The fraction of sp³-hybridized carbons (Fsp3) is 0. The van der Waals surface area contributed by atoms with Gasteiger partial charge in [0.1, 0.15) is 5.65 Å². The number of ketones is 1. The van der Waals surface area contributed by atoms with Gasteiger partial charge in [0.05, 0.1) is 0 Å². The van der Waals surface area contributed by atoms with Gasteiger partial charge in [0.25, 0.3) is 0 Å². The van der Waals surface area contributed by atoms with E-state index in [1.807, 2.05) is 12.1 Å². The Balaban J connectivity index is 2.12. The zero-order chi connectivity index (χ0) is 12.5. The topological polar surface area (TPSA) is 71.8 Å². The number of nitrogen functional groups attached to an aromatic ring is 1. The van der Waals surface area contributed by atoms with Crippen molar-refractivity contribution < 1.29 is 4.79 Å². The van der Waals surface area contributed by atoms with E-state index in [9.17, 15) is 4.79 Å². The first kappa shape index (κ1) is 10.5. The molecule has 0 atom stereocenters. The minimum atomic E-state index is -0.0541. The number of benzene rings is 1. The molecule has 3 rings (SSSR count). The lowest BCUT2D eigenvalue weighted by Crippen LogP contribution is -2.01. The van der Waals surface area contributed by atoms with Gasteiger partial charge >= 0.3 is 0 Å². The van der Waals surface area contributed by atoms with Crippen molar-refractivity contribution in [1.29, 1.82) is 0 Å². The monoisotopic (exact) mass is 237 g/mol. The van der Waals surface area contributed by atoms with Crippen LogP contribution in [-0.2, 0) is 0 Å². The maximum atomic E-state index is 12.4. The van der Waals surface area contributed by atoms with E-state index < -0.39 is 0 Å². The molecule has 0 saturated carbocycles. The molecule has 3 N–H and O–H groups in total. The van der Waals surface area contributed by atoms with E-state index in [1.165, 1.54) is 0 Å². The van der Waals surface area contributed by atoms with Crippen molar-refractivity contribution in [2.45, 2.75) is 0 Å². The van der Waals surface area contributed by atoms with Gasteiger partial charge in [-0.15, -0.1) is 0 Å². The van der Waals surface area contributed by atoms with Gasteiger partial charge in [-0.05, 0) is 24.3 Å². The molecule has 0 aliphatic heterocycles. The van der Waals surface area contributed by atoms with Gasteiger partial charge in [0.2, 0.25) is 0 Å². The predicted octanol–water partition coefficient (Wildman–Crippen LogP) is 2.38. The number of aromatic amines is 1. The van der Waals surface area contributed by atoms with Crippen LogP contribution < -0.4 is 5.73 Å². The van der Waals surface area contributed by atoms with Gasteiger partial charge in [0.15, 0.2) is 5.78 Å². The number of nitrogens with one attached hydrogen (secondary N) is 1. The number of nitrogens with two attached hydrogens (primary N) is 1. The molecule has 0 unspecified atom stereocenters. The number of hydrogen-bond acceptors (Lipinski definition) is 3. The van der Waals surface area contributed by atoms with Crippen LogP contribution in [-0.4, -0.2) is 15.8 Å². The summed E-state index contributed by atoms with van der Waals surface area (Å²) in [5.41, 5.74) is 8.18. The first-order valence-corrected chi connectivity index (χ1v) is 5.58. The third kappa shape index (κ3) is 1.64. The molecule has 2 aromatic heterocycles. The molecule has 0 amide bonds. The van der Waals surface area contributed by atoms with Crippen LogP contribution in [0.5, 0.6) is 0 Å². The number of aromatic nitrogens is 2. The van der Waals surface area contributed by atoms with E-state index in [-0.39, 0.29) is 5.78 Å². The zero-order valence-electron chi connectivity index (χ0n) is 9.55. The number of pyridine rings is 1. The summed E-state index contributed by atoms with van der Waals surface area (Å²) in [6.45, 7) is 0. The van der Waals surface area contributed by atoms with Crippen LogP contribution in [0.4, 0.5) is 5.69 Å². The first-order chi connectivity index (χ1) is 8.75. The lowest BCUT2D eigenvalue weighted by atomic mass is 10.0. The second-order valence-corrected chi connectivity index (χ2v) is 4.06. The van der Waals surface area contributed by atoms with E-state index in [2.05, 4.69) is 9.97 Å². The normalized spacial score (nSPS) is 10.7. The summed E-state index contributed by atoms with van der Waals surface area (Å²) in [4.78, 5) is 19.5. The largest absolute Gasteiger partial charge is 0.399 e. The molecule has 4 nitrogen and oxygen atoms in total. The summed E-state index contributed by atoms with van der Waals surface area (Å²) >= 11 is 0. The molecular weight excluding hydrogens is 226 g/mol. The number of carbonyl (C=O) groups is 1. The number of H-pyrrole nitrogens is 1. The van der Waals surface area contributed by atoms with Crippen molar-refractivity contribution >= 4 is 22.5 Å². The van der Waals surface area contributed by atoms with Gasteiger partial charge in [-0.25, -0.2) is 4.98 Å². The molecule has 4 heteroatoms. The van der Waals surface area contributed by atoms with E-state index in [1.54, 1.807) is 36.7 Å². The summed E-state index contributed by atoms with van der Waals surface area (Å²) in [6, 6.07) is 10.7. The fourth-order valence-corrected chi connectivity index (χ4v) is 1.98. The standard InChI is InChI=1S/C14H11N3O/c15-10-4-1-3-9(7-10)13(18)12-8-17-14-11(12)5-2-6-16-14/h1-8H,15H2,(H,16,17). The SMILES string of the molecule is Nc1cccc(C(=O)c2c[nH]c3ncccc23)c1. The minimum absolute atomic E-state index is 0.0541. The van der Waals surface area contributed by atoms with Gasteiger partial charge in [-0.1, -0.05) is 12.1 Å². The van der Waals surface area contributed by atoms with Crippen molar-refractivity contribution in [1.82, 2.24) is 9.97 Å². The first-order valence-electron chi connectivity index (χ1n) is 5.58. The van der Waals surface area contributed by atoms with Gasteiger partial charge in [0, 0.05) is 34.6 Å². The highest BCUT2D eigenvalue weighted by atomic mass is 16.1. The highest BCUT2D eigenvalue weighted by Gasteiger charge is 2.14. The molecule has 18 heavy (non-hydrogen) atoms. The summed E-state index contributed by atoms with van der Waals surface area (Å²) in [6.07, 6.45) is 3.37. The molecule has 1 aromatic carbocycles. The number of nitrogens with zero attached hydrogens (tertiary/aromatic N) is 1. The van der Waals surface area contributed by atoms with Gasteiger partial charge in [-0.3, -0.25) is 4.79 Å². The van der Waals surface area contributed by atoms with E-state index >= 15 is 0 Å². The molecular formula is C14H11N3O. The number of rotatable bonds is 2. The number of carbonyl (C=O) groups excluding carboxylic acids is 1. The molecule has 0 saturated heterocycles. The number of hydrogen-bond donors (Lipinski definition) is 2. The molecule has 2 heterocycles. The maximum Gasteiger partial charge on any atom is 0.195 e. The Hall–Kier alpha value is -2.62. The molecule has 88 valence electrons. The van der Waals surface area contributed by atoms with Crippen LogP contribution in [0.2, 0.25) is 0 Å². The summed E-state index contributed by atoms with van der Waals surface area (Å²) in [5, 5.41) is 0.824. The Morgan fingerprint density at radius 3 is 2.94 bits per heavy atom. The van der Waals surface area contributed by atoms with Crippen molar-refractivity contribution in [2.24, 2.45) is 0 Å². The lowest BCUT2D eigenvalue weighted by Gasteiger charge is -2.00. The molecule has 0 fully saturated rings. The quantitative estimate of drug-likeness (QED) is 0.531. The van der Waals surface area contributed by atoms with Crippen LogP contribution in [0.15, 0.2) is 48.8 Å². The number of anilines is 1. The van der Waals surface area contributed by atoms with Gasteiger partial charge < -0.3 is 10.7 Å². The smallest absolute Gasteiger partial charge is 0.195 e. The average molecular weight is 237 g/mol. The summed E-state index contributed by atoms with van der Waals surface area (Å²) in [5.74, 6) is -0.0541. The van der Waals surface area contributed by atoms with Crippen molar-refractivity contribution in [3.05, 3.63) is 59.9 Å². The van der Waals surface area contributed by atoms with Crippen molar-refractivity contribution in [2.75, 3.05) is 5.73 Å². The molecule has 0 aliphatic rings. The van der Waals surface area contributed by atoms with E-state index in [4.69, 9.17) is 5.73 Å². The Morgan fingerprint density at radius 1 is 1.22 bits per heavy atom. The van der Waals surface area contributed by atoms with Crippen LogP contribution in [0.1, 0.15) is 15.9 Å². The number of fused-ring (bicyclic) bond motifs is 1. The van der Waals surface area contributed by atoms with Crippen LogP contribution in [0.3, 0.4) is 0 Å². The molecule has 0 aliphatic carbocycles. The Morgan fingerprint density at radius 2 is 2.11 bits per heavy atom. The second kappa shape index (κ2) is 4.00. The van der Waals surface area contributed by atoms with E-state index in [0.29, 0.717) is 22.5 Å². The lowest BCUT2D eigenvalue weighted by molar-refractivity contribution is 0.104. The minimum Gasteiger partial charge on any atom is -0.399 e. The summed E-state index contributed by atoms with van der Waals surface area (Å²) in [7, 11) is 0. The third-order valence-electron chi connectivity index (χ3n) is 2.84. The molecule has 0 bridgehead atoms.